The van der Waals surface area contributed by atoms with Crippen molar-refractivity contribution >= 4 is 0 Å². The molecule has 2 heterocycles. The molecule has 0 saturated carbocycles. The fourth-order valence-corrected chi connectivity index (χ4v) is 3.63. The molecule has 0 aliphatic carbocycles. The SMILES string of the molecule is CN1C2CCC1CN(CC(N)c1ccccc1)CC2. The molecule has 0 spiro atoms. The Morgan fingerprint density at radius 1 is 1.16 bits per heavy atom. The van der Waals surface area contributed by atoms with Crippen molar-refractivity contribution in [1.29, 1.82) is 0 Å². The van der Waals surface area contributed by atoms with Crippen LogP contribution in [0.3, 0.4) is 0 Å². The van der Waals surface area contributed by atoms with Gasteiger partial charge in [0.05, 0.1) is 0 Å². The molecule has 3 heteroatoms. The highest BCUT2D eigenvalue weighted by molar-refractivity contribution is 5.18. The van der Waals surface area contributed by atoms with E-state index in [-0.39, 0.29) is 6.04 Å². The molecule has 3 atom stereocenters. The summed E-state index contributed by atoms with van der Waals surface area (Å²) < 4.78 is 0. The zero-order valence-corrected chi connectivity index (χ0v) is 11.8. The lowest BCUT2D eigenvalue weighted by molar-refractivity contribution is 0.212. The minimum absolute atomic E-state index is 0.142. The standard InChI is InChI=1S/C16H25N3/c1-18-14-7-8-15(18)11-19(10-9-14)12-16(17)13-5-3-2-4-6-13/h2-6,14-16H,7-12,17H2,1H3. The molecular formula is C16H25N3. The Bertz CT molecular complexity index is 406. The summed E-state index contributed by atoms with van der Waals surface area (Å²) in [6.45, 7) is 3.38. The molecule has 3 rings (SSSR count). The summed E-state index contributed by atoms with van der Waals surface area (Å²) in [4.78, 5) is 5.16. The average Bonchev–Trinajstić information content (AvgIpc) is 2.68. The smallest absolute Gasteiger partial charge is 0.0424 e. The molecule has 19 heavy (non-hydrogen) atoms. The predicted molar refractivity (Wildman–Crippen MR) is 79.0 cm³/mol. The number of likely N-dealkylation sites (N-methyl/N-ethyl adjacent to an activating group) is 1. The van der Waals surface area contributed by atoms with Gasteiger partial charge in [0.25, 0.3) is 0 Å². The van der Waals surface area contributed by atoms with Crippen LogP contribution in [0.25, 0.3) is 0 Å². The monoisotopic (exact) mass is 259 g/mol. The van der Waals surface area contributed by atoms with Crippen LogP contribution in [-0.4, -0.2) is 48.6 Å². The van der Waals surface area contributed by atoms with E-state index in [0.29, 0.717) is 0 Å². The molecule has 1 aromatic rings. The third kappa shape index (κ3) is 2.83. The van der Waals surface area contributed by atoms with E-state index in [9.17, 15) is 0 Å². The van der Waals surface area contributed by atoms with Crippen molar-refractivity contribution in [2.75, 3.05) is 26.7 Å². The topological polar surface area (TPSA) is 32.5 Å². The van der Waals surface area contributed by atoms with Crippen LogP contribution in [-0.2, 0) is 0 Å². The van der Waals surface area contributed by atoms with E-state index in [1.807, 2.05) is 0 Å². The van der Waals surface area contributed by atoms with Gasteiger partial charge in [-0.15, -0.1) is 0 Å². The Morgan fingerprint density at radius 2 is 1.89 bits per heavy atom. The van der Waals surface area contributed by atoms with Gasteiger partial charge in [0.15, 0.2) is 0 Å². The molecule has 2 aliphatic heterocycles. The Labute approximate surface area is 116 Å². The molecule has 0 radical (unpaired) electrons. The molecule has 2 N–H and O–H groups in total. The van der Waals surface area contributed by atoms with Crippen molar-refractivity contribution in [1.82, 2.24) is 9.80 Å². The molecular weight excluding hydrogens is 234 g/mol. The van der Waals surface area contributed by atoms with Crippen molar-refractivity contribution in [3.8, 4) is 0 Å². The van der Waals surface area contributed by atoms with E-state index in [0.717, 1.165) is 18.6 Å². The summed E-state index contributed by atoms with van der Waals surface area (Å²) in [6.07, 6.45) is 4.05. The van der Waals surface area contributed by atoms with Crippen molar-refractivity contribution in [3.63, 3.8) is 0 Å². The average molecular weight is 259 g/mol. The van der Waals surface area contributed by atoms with Gasteiger partial charge in [0.1, 0.15) is 0 Å². The number of benzene rings is 1. The predicted octanol–water partition coefficient (Wildman–Crippen LogP) is 1.85. The van der Waals surface area contributed by atoms with Gasteiger partial charge in [-0.1, -0.05) is 30.3 Å². The number of hydrogen-bond acceptors (Lipinski definition) is 3. The first-order valence-corrected chi connectivity index (χ1v) is 7.49. The largest absolute Gasteiger partial charge is 0.323 e. The second kappa shape index (κ2) is 5.61. The van der Waals surface area contributed by atoms with Crippen LogP contribution in [0.15, 0.2) is 30.3 Å². The molecule has 2 bridgehead atoms. The van der Waals surface area contributed by atoms with Crippen molar-refractivity contribution in [2.45, 2.75) is 37.4 Å². The summed E-state index contributed by atoms with van der Waals surface area (Å²) in [5.41, 5.74) is 7.61. The fourth-order valence-electron chi connectivity index (χ4n) is 3.63. The Morgan fingerprint density at radius 3 is 2.68 bits per heavy atom. The normalized spacial score (nSPS) is 30.2. The summed E-state index contributed by atoms with van der Waals surface area (Å²) in [5.74, 6) is 0. The highest BCUT2D eigenvalue weighted by Gasteiger charge is 2.34. The maximum atomic E-state index is 6.35. The maximum Gasteiger partial charge on any atom is 0.0424 e. The molecule has 3 nitrogen and oxygen atoms in total. The molecule has 0 aromatic heterocycles. The van der Waals surface area contributed by atoms with Gasteiger partial charge in [-0.3, -0.25) is 9.80 Å². The van der Waals surface area contributed by atoms with Crippen LogP contribution in [0.4, 0.5) is 0 Å². The van der Waals surface area contributed by atoms with Gasteiger partial charge in [0, 0.05) is 31.2 Å². The Kier molecular flexibility index (Phi) is 3.87. The number of likely N-dealkylation sites (tertiary alicyclic amines) is 1. The Hall–Kier alpha value is -0.900. The quantitative estimate of drug-likeness (QED) is 0.899. The van der Waals surface area contributed by atoms with Gasteiger partial charge in [-0.05, 0) is 38.4 Å². The first-order chi connectivity index (χ1) is 9.24. The summed E-state index contributed by atoms with van der Waals surface area (Å²) in [6, 6.07) is 12.2. The number of nitrogens with zero attached hydrogens (tertiary/aromatic N) is 2. The summed E-state index contributed by atoms with van der Waals surface area (Å²) in [7, 11) is 2.29. The van der Waals surface area contributed by atoms with Crippen LogP contribution >= 0.6 is 0 Å². The van der Waals surface area contributed by atoms with Crippen molar-refractivity contribution < 1.29 is 0 Å². The van der Waals surface area contributed by atoms with Gasteiger partial charge < -0.3 is 5.73 Å². The van der Waals surface area contributed by atoms with Gasteiger partial charge in [-0.2, -0.15) is 0 Å². The molecule has 1 aromatic carbocycles. The lowest BCUT2D eigenvalue weighted by Crippen LogP contribution is -2.39. The fraction of sp³-hybridized carbons (Fsp3) is 0.625. The van der Waals surface area contributed by atoms with Crippen LogP contribution in [0.2, 0.25) is 0 Å². The third-order valence-electron chi connectivity index (χ3n) is 4.92. The van der Waals surface area contributed by atoms with Gasteiger partial charge in [0.2, 0.25) is 0 Å². The van der Waals surface area contributed by atoms with Crippen LogP contribution in [0, 0.1) is 0 Å². The highest BCUT2D eigenvalue weighted by atomic mass is 15.3. The maximum absolute atomic E-state index is 6.35. The number of nitrogens with two attached hydrogens (primary N) is 1. The number of hydrogen-bond donors (Lipinski definition) is 1. The van der Waals surface area contributed by atoms with Crippen LogP contribution < -0.4 is 5.73 Å². The molecule has 104 valence electrons. The molecule has 0 amide bonds. The van der Waals surface area contributed by atoms with Crippen LogP contribution in [0.5, 0.6) is 0 Å². The second-order valence-corrected chi connectivity index (χ2v) is 6.12. The highest BCUT2D eigenvalue weighted by Crippen LogP contribution is 2.28. The minimum Gasteiger partial charge on any atom is -0.323 e. The van der Waals surface area contributed by atoms with E-state index < -0.39 is 0 Å². The minimum atomic E-state index is 0.142. The number of rotatable bonds is 3. The third-order valence-corrected chi connectivity index (χ3v) is 4.92. The first kappa shape index (κ1) is 13.1. The van der Waals surface area contributed by atoms with E-state index in [4.69, 9.17) is 5.73 Å². The molecule has 2 saturated heterocycles. The van der Waals surface area contributed by atoms with Crippen molar-refractivity contribution in [2.24, 2.45) is 5.73 Å². The zero-order valence-electron chi connectivity index (χ0n) is 11.8. The summed E-state index contributed by atoms with van der Waals surface area (Å²) in [5, 5.41) is 0. The lowest BCUT2D eigenvalue weighted by Gasteiger charge is -2.28. The Balaban J connectivity index is 1.61. The zero-order chi connectivity index (χ0) is 13.2. The van der Waals surface area contributed by atoms with Gasteiger partial charge in [-0.25, -0.2) is 0 Å². The van der Waals surface area contributed by atoms with E-state index in [1.54, 1.807) is 0 Å². The molecule has 2 aliphatic rings. The first-order valence-electron chi connectivity index (χ1n) is 7.49. The van der Waals surface area contributed by atoms with Gasteiger partial charge >= 0.3 is 0 Å². The lowest BCUT2D eigenvalue weighted by atomic mass is 10.1. The molecule has 3 unspecified atom stereocenters. The van der Waals surface area contributed by atoms with Crippen molar-refractivity contribution in [3.05, 3.63) is 35.9 Å². The second-order valence-electron chi connectivity index (χ2n) is 6.12. The van der Waals surface area contributed by atoms with E-state index in [2.05, 4.69) is 47.2 Å². The summed E-state index contributed by atoms with van der Waals surface area (Å²) >= 11 is 0. The number of fused-ring (bicyclic) bond motifs is 2. The van der Waals surface area contributed by atoms with E-state index >= 15 is 0 Å². The van der Waals surface area contributed by atoms with Crippen LogP contribution in [0.1, 0.15) is 30.9 Å². The van der Waals surface area contributed by atoms with E-state index in [1.165, 1.54) is 37.9 Å². The molecule has 2 fully saturated rings.